The van der Waals surface area contributed by atoms with E-state index in [1.54, 1.807) is 48.5 Å². The molecule has 2 aromatic carbocycles. The standard InChI is InChI=1S/C21H21N3O5S/c1-3-29-14-10-8-13(9-11-14)22-21-24-19(26)17(30-21)12-18(25)23-16-7-5-4-6-15(16)20(27)28-2/h4-11,17H,3,12H2,1-2H3,(H,23,25)(H,22,24,26)/t17-/m1/s1. The molecule has 1 saturated heterocycles. The van der Waals surface area contributed by atoms with Crippen LogP contribution in [0.1, 0.15) is 23.7 Å². The van der Waals surface area contributed by atoms with Gasteiger partial charge in [-0.15, -0.1) is 0 Å². The number of rotatable bonds is 7. The minimum absolute atomic E-state index is 0.0612. The molecule has 0 aromatic heterocycles. The van der Waals surface area contributed by atoms with E-state index in [1.807, 2.05) is 6.92 Å². The van der Waals surface area contributed by atoms with Crippen molar-refractivity contribution in [3.8, 4) is 5.75 Å². The summed E-state index contributed by atoms with van der Waals surface area (Å²) in [6.45, 7) is 2.48. The molecule has 1 aliphatic rings. The fraction of sp³-hybridized carbons (Fsp3) is 0.238. The van der Waals surface area contributed by atoms with Gasteiger partial charge in [0.2, 0.25) is 11.8 Å². The van der Waals surface area contributed by atoms with Crippen molar-refractivity contribution in [1.29, 1.82) is 0 Å². The SMILES string of the molecule is CCOc1ccc(N=C2NC(=O)[C@@H](CC(=O)Nc3ccccc3C(=O)OC)S2)cc1. The van der Waals surface area contributed by atoms with Crippen molar-refractivity contribution in [2.45, 2.75) is 18.6 Å². The van der Waals surface area contributed by atoms with E-state index in [9.17, 15) is 14.4 Å². The maximum absolute atomic E-state index is 12.4. The topological polar surface area (TPSA) is 106 Å². The molecule has 0 bridgehead atoms. The minimum Gasteiger partial charge on any atom is -0.494 e. The number of hydrogen-bond donors (Lipinski definition) is 2. The molecule has 9 heteroatoms. The lowest BCUT2D eigenvalue weighted by atomic mass is 10.1. The van der Waals surface area contributed by atoms with Crippen LogP contribution in [-0.2, 0) is 14.3 Å². The fourth-order valence-electron chi connectivity index (χ4n) is 2.74. The smallest absolute Gasteiger partial charge is 0.339 e. The lowest BCUT2D eigenvalue weighted by molar-refractivity contribution is -0.122. The molecule has 2 aromatic rings. The minimum atomic E-state index is -0.614. The molecule has 1 aliphatic heterocycles. The number of amides is 2. The summed E-state index contributed by atoms with van der Waals surface area (Å²) in [4.78, 5) is 40.9. The van der Waals surface area contributed by atoms with Gasteiger partial charge in [-0.1, -0.05) is 23.9 Å². The highest BCUT2D eigenvalue weighted by Crippen LogP contribution is 2.27. The van der Waals surface area contributed by atoms with E-state index in [0.29, 0.717) is 23.1 Å². The third-order valence-electron chi connectivity index (χ3n) is 4.13. The second-order valence-corrected chi connectivity index (χ2v) is 7.42. The number of para-hydroxylation sites is 1. The Balaban J connectivity index is 1.62. The zero-order valence-electron chi connectivity index (χ0n) is 16.5. The van der Waals surface area contributed by atoms with Crippen molar-refractivity contribution in [1.82, 2.24) is 5.32 Å². The number of esters is 1. The first kappa shape index (κ1) is 21.4. The molecule has 2 amide bonds. The van der Waals surface area contributed by atoms with Crippen LogP contribution in [0.3, 0.4) is 0 Å². The number of hydrogen-bond acceptors (Lipinski definition) is 7. The molecular formula is C21H21N3O5S. The Labute approximate surface area is 178 Å². The zero-order chi connectivity index (χ0) is 21.5. The molecule has 1 heterocycles. The van der Waals surface area contributed by atoms with E-state index >= 15 is 0 Å². The lowest BCUT2D eigenvalue weighted by Gasteiger charge is -2.10. The molecule has 1 atom stereocenters. The van der Waals surface area contributed by atoms with Crippen LogP contribution in [0.2, 0.25) is 0 Å². The predicted octanol–water partition coefficient (Wildman–Crippen LogP) is 3.12. The van der Waals surface area contributed by atoms with Gasteiger partial charge in [0.1, 0.15) is 11.0 Å². The monoisotopic (exact) mass is 427 g/mol. The average Bonchev–Trinajstić information content (AvgIpc) is 3.08. The Morgan fingerprint density at radius 3 is 2.60 bits per heavy atom. The summed E-state index contributed by atoms with van der Waals surface area (Å²) in [7, 11) is 1.27. The maximum atomic E-state index is 12.4. The first-order valence-corrected chi connectivity index (χ1v) is 10.1. The van der Waals surface area contributed by atoms with Crippen molar-refractivity contribution in [2.75, 3.05) is 19.0 Å². The molecule has 8 nitrogen and oxygen atoms in total. The van der Waals surface area contributed by atoms with E-state index in [4.69, 9.17) is 9.47 Å². The molecular weight excluding hydrogens is 406 g/mol. The second kappa shape index (κ2) is 9.93. The first-order chi connectivity index (χ1) is 14.5. The molecule has 3 rings (SSSR count). The number of carbonyl (C=O) groups excluding carboxylic acids is 3. The van der Waals surface area contributed by atoms with E-state index in [1.165, 1.54) is 18.9 Å². The largest absolute Gasteiger partial charge is 0.494 e. The van der Waals surface area contributed by atoms with Crippen molar-refractivity contribution in [3.63, 3.8) is 0 Å². The average molecular weight is 427 g/mol. The predicted molar refractivity (Wildman–Crippen MR) is 115 cm³/mol. The summed E-state index contributed by atoms with van der Waals surface area (Å²) >= 11 is 1.19. The number of nitrogens with one attached hydrogen (secondary N) is 2. The van der Waals surface area contributed by atoms with Gasteiger partial charge in [0.05, 0.1) is 30.7 Å². The van der Waals surface area contributed by atoms with Gasteiger partial charge in [0, 0.05) is 6.42 Å². The van der Waals surface area contributed by atoms with Crippen molar-refractivity contribution >= 4 is 46.1 Å². The Morgan fingerprint density at radius 1 is 1.17 bits per heavy atom. The van der Waals surface area contributed by atoms with Crippen LogP contribution in [0.15, 0.2) is 53.5 Å². The zero-order valence-corrected chi connectivity index (χ0v) is 17.3. The van der Waals surface area contributed by atoms with Gasteiger partial charge in [0.15, 0.2) is 5.17 Å². The molecule has 0 unspecified atom stereocenters. The number of nitrogens with zero attached hydrogens (tertiary/aromatic N) is 1. The van der Waals surface area contributed by atoms with Crippen LogP contribution in [0, 0.1) is 0 Å². The summed E-state index contributed by atoms with van der Waals surface area (Å²) in [5, 5.41) is 5.17. The third-order valence-corrected chi connectivity index (χ3v) is 5.21. The van der Waals surface area contributed by atoms with Gasteiger partial charge < -0.3 is 20.1 Å². The first-order valence-electron chi connectivity index (χ1n) is 9.26. The number of anilines is 1. The molecule has 2 N–H and O–H groups in total. The van der Waals surface area contributed by atoms with Gasteiger partial charge >= 0.3 is 5.97 Å². The number of methoxy groups -OCH3 is 1. The number of carbonyl (C=O) groups is 3. The van der Waals surface area contributed by atoms with Crippen LogP contribution in [0.25, 0.3) is 0 Å². The Bertz CT molecular complexity index is 975. The van der Waals surface area contributed by atoms with Crippen LogP contribution in [0.4, 0.5) is 11.4 Å². The van der Waals surface area contributed by atoms with E-state index in [0.717, 1.165) is 5.75 Å². The molecule has 30 heavy (non-hydrogen) atoms. The Morgan fingerprint density at radius 2 is 1.90 bits per heavy atom. The number of thioether (sulfide) groups is 1. The number of amidine groups is 1. The van der Waals surface area contributed by atoms with Crippen LogP contribution >= 0.6 is 11.8 Å². The van der Waals surface area contributed by atoms with Crippen molar-refractivity contribution < 1.29 is 23.9 Å². The highest BCUT2D eigenvalue weighted by Gasteiger charge is 2.32. The summed E-state index contributed by atoms with van der Waals surface area (Å²) in [6, 6.07) is 13.7. The Kier molecular flexibility index (Phi) is 7.08. The third kappa shape index (κ3) is 5.38. The number of ether oxygens (including phenoxy) is 2. The summed E-state index contributed by atoms with van der Waals surface area (Å²) < 4.78 is 10.1. The maximum Gasteiger partial charge on any atom is 0.339 e. The highest BCUT2D eigenvalue weighted by atomic mass is 32.2. The molecule has 0 saturated carbocycles. The molecule has 0 radical (unpaired) electrons. The normalized spacial score (nSPS) is 16.8. The molecule has 156 valence electrons. The van der Waals surface area contributed by atoms with Gasteiger partial charge in [-0.05, 0) is 43.3 Å². The Hall–Kier alpha value is -3.33. The van der Waals surface area contributed by atoms with Gasteiger partial charge in [-0.2, -0.15) is 0 Å². The number of benzene rings is 2. The summed E-state index contributed by atoms with van der Waals surface area (Å²) in [5.74, 6) is -0.489. The molecule has 0 aliphatic carbocycles. The van der Waals surface area contributed by atoms with Crippen LogP contribution in [-0.4, -0.2) is 41.9 Å². The van der Waals surface area contributed by atoms with Crippen LogP contribution in [0.5, 0.6) is 5.75 Å². The second-order valence-electron chi connectivity index (χ2n) is 6.23. The lowest BCUT2D eigenvalue weighted by Crippen LogP contribution is -2.28. The van der Waals surface area contributed by atoms with E-state index in [-0.39, 0.29) is 23.8 Å². The fourth-order valence-corrected chi connectivity index (χ4v) is 3.73. The quantitative estimate of drug-likeness (QED) is 0.658. The molecule has 1 fully saturated rings. The van der Waals surface area contributed by atoms with Crippen molar-refractivity contribution in [2.24, 2.45) is 4.99 Å². The highest BCUT2D eigenvalue weighted by molar-refractivity contribution is 8.15. The van der Waals surface area contributed by atoms with E-state index in [2.05, 4.69) is 15.6 Å². The summed E-state index contributed by atoms with van der Waals surface area (Å²) in [6.07, 6.45) is -0.0612. The number of aliphatic imine (C=N–C) groups is 1. The van der Waals surface area contributed by atoms with Gasteiger partial charge in [-0.3, -0.25) is 9.59 Å². The van der Waals surface area contributed by atoms with Gasteiger partial charge in [0.25, 0.3) is 0 Å². The summed E-state index contributed by atoms with van der Waals surface area (Å²) in [5.41, 5.74) is 1.24. The van der Waals surface area contributed by atoms with E-state index < -0.39 is 11.2 Å². The molecule has 0 spiro atoms. The van der Waals surface area contributed by atoms with Crippen molar-refractivity contribution in [3.05, 3.63) is 54.1 Å². The van der Waals surface area contributed by atoms with Gasteiger partial charge in [-0.25, -0.2) is 9.79 Å². The van der Waals surface area contributed by atoms with Crippen LogP contribution < -0.4 is 15.4 Å².